The van der Waals surface area contributed by atoms with Gasteiger partial charge in [0.25, 0.3) is 0 Å². The van der Waals surface area contributed by atoms with Crippen LogP contribution in [0.1, 0.15) is 31.4 Å². The zero-order valence-corrected chi connectivity index (χ0v) is 22.6. The third kappa shape index (κ3) is 11.6. The summed E-state index contributed by atoms with van der Waals surface area (Å²) in [7, 11) is 0. The van der Waals surface area contributed by atoms with Gasteiger partial charge in [0.15, 0.2) is 0 Å². The zero-order chi connectivity index (χ0) is 29.7. The molecule has 2 aromatic rings. The molecule has 12 heteroatoms. The van der Waals surface area contributed by atoms with Crippen molar-refractivity contribution in [3.8, 4) is 0 Å². The molecule has 40 heavy (non-hydrogen) atoms. The minimum atomic E-state index is -1.04. The first kappa shape index (κ1) is 31.9. The predicted molar refractivity (Wildman–Crippen MR) is 147 cm³/mol. The molecular formula is C28H37FN6O5. The van der Waals surface area contributed by atoms with E-state index in [1.165, 1.54) is 24.3 Å². The summed E-state index contributed by atoms with van der Waals surface area (Å²) in [6, 6.07) is 11.6. The number of hydrogen-bond donors (Lipinski definition) is 6. The lowest BCUT2D eigenvalue weighted by molar-refractivity contribution is -0.132. The molecule has 0 aliphatic carbocycles. The van der Waals surface area contributed by atoms with E-state index in [2.05, 4.69) is 21.3 Å². The van der Waals surface area contributed by atoms with Gasteiger partial charge in [-0.3, -0.25) is 24.0 Å². The van der Waals surface area contributed by atoms with E-state index in [0.29, 0.717) is 12.0 Å². The molecule has 0 aromatic heterocycles. The Kier molecular flexibility index (Phi) is 12.7. The molecule has 216 valence electrons. The Morgan fingerprint density at radius 3 is 1.95 bits per heavy atom. The number of nitrogens with one attached hydrogen (secondary N) is 4. The van der Waals surface area contributed by atoms with E-state index in [0.717, 1.165) is 5.56 Å². The van der Waals surface area contributed by atoms with Gasteiger partial charge >= 0.3 is 0 Å². The summed E-state index contributed by atoms with van der Waals surface area (Å²) in [6.07, 6.45) is 0.624. The van der Waals surface area contributed by atoms with Crippen molar-refractivity contribution < 1.29 is 28.4 Å². The molecule has 2 aromatic carbocycles. The Morgan fingerprint density at radius 2 is 1.35 bits per heavy atom. The maximum atomic E-state index is 13.0. The molecule has 0 radical (unpaired) electrons. The maximum absolute atomic E-state index is 13.0. The molecule has 11 nitrogen and oxygen atoms in total. The third-order valence-corrected chi connectivity index (χ3v) is 5.88. The van der Waals surface area contributed by atoms with Crippen LogP contribution in [0.3, 0.4) is 0 Å². The van der Waals surface area contributed by atoms with Crippen LogP contribution in [0.25, 0.3) is 0 Å². The van der Waals surface area contributed by atoms with Crippen molar-refractivity contribution in [1.82, 2.24) is 21.3 Å². The Morgan fingerprint density at radius 1 is 0.750 bits per heavy atom. The van der Waals surface area contributed by atoms with E-state index in [-0.39, 0.29) is 18.8 Å². The van der Waals surface area contributed by atoms with Crippen LogP contribution in [-0.4, -0.2) is 60.8 Å². The van der Waals surface area contributed by atoms with Crippen LogP contribution in [0.5, 0.6) is 0 Å². The Labute approximate surface area is 232 Å². The number of carbonyl (C=O) groups excluding carboxylic acids is 5. The van der Waals surface area contributed by atoms with Crippen molar-refractivity contribution in [2.75, 3.05) is 13.1 Å². The van der Waals surface area contributed by atoms with E-state index in [9.17, 15) is 28.4 Å². The van der Waals surface area contributed by atoms with Crippen molar-refractivity contribution in [1.29, 1.82) is 0 Å². The first-order valence-corrected chi connectivity index (χ1v) is 12.9. The van der Waals surface area contributed by atoms with Crippen LogP contribution in [-0.2, 0) is 36.8 Å². The molecule has 3 atom stereocenters. The van der Waals surface area contributed by atoms with Crippen molar-refractivity contribution in [2.45, 2.75) is 51.2 Å². The smallest absolute Gasteiger partial charge is 0.243 e. The molecule has 0 heterocycles. The van der Waals surface area contributed by atoms with Gasteiger partial charge in [-0.1, -0.05) is 56.3 Å². The lowest BCUT2D eigenvalue weighted by Gasteiger charge is -2.23. The number of halogens is 1. The number of rotatable bonds is 15. The van der Waals surface area contributed by atoms with Gasteiger partial charge in [-0.25, -0.2) is 4.39 Å². The summed E-state index contributed by atoms with van der Waals surface area (Å²) >= 11 is 0. The first-order chi connectivity index (χ1) is 18.9. The SMILES string of the molecule is CC(C)CC(NC(=O)[C@@H](Cc1ccccc1)NC(=O)CNC(=O)CNC(=O)[C@H](N)Cc1ccc(F)cc1)C(N)=O. The van der Waals surface area contributed by atoms with E-state index >= 15 is 0 Å². The van der Waals surface area contributed by atoms with E-state index < -0.39 is 66.6 Å². The normalized spacial score (nSPS) is 13.0. The fourth-order valence-electron chi connectivity index (χ4n) is 3.80. The second-order valence-electron chi connectivity index (χ2n) is 9.83. The van der Waals surface area contributed by atoms with Crippen LogP contribution < -0.4 is 32.7 Å². The van der Waals surface area contributed by atoms with Gasteiger partial charge in [0.05, 0.1) is 19.1 Å². The average Bonchev–Trinajstić information content (AvgIpc) is 2.91. The van der Waals surface area contributed by atoms with Crippen molar-refractivity contribution in [2.24, 2.45) is 17.4 Å². The van der Waals surface area contributed by atoms with Gasteiger partial charge in [-0.2, -0.15) is 0 Å². The fourth-order valence-corrected chi connectivity index (χ4v) is 3.80. The molecule has 0 bridgehead atoms. The highest BCUT2D eigenvalue weighted by Crippen LogP contribution is 2.08. The van der Waals surface area contributed by atoms with Gasteiger partial charge in [0.2, 0.25) is 29.5 Å². The van der Waals surface area contributed by atoms with Crippen LogP contribution in [0.2, 0.25) is 0 Å². The molecular weight excluding hydrogens is 519 g/mol. The van der Waals surface area contributed by atoms with E-state index in [4.69, 9.17) is 11.5 Å². The number of benzene rings is 2. The monoisotopic (exact) mass is 556 g/mol. The zero-order valence-electron chi connectivity index (χ0n) is 22.6. The molecule has 8 N–H and O–H groups in total. The van der Waals surface area contributed by atoms with E-state index in [1.807, 2.05) is 19.9 Å². The summed E-state index contributed by atoms with van der Waals surface area (Å²) in [5.74, 6) is -3.47. The van der Waals surface area contributed by atoms with Gasteiger partial charge in [-0.15, -0.1) is 0 Å². The number of nitrogens with two attached hydrogens (primary N) is 2. The number of hydrogen-bond acceptors (Lipinski definition) is 6. The van der Waals surface area contributed by atoms with Crippen molar-refractivity contribution in [3.05, 3.63) is 71.5 Å². The van der Waals surface area contributed by atoms with Gasteiger partial charge in [0, 0.05) is 6.42 Å². The third-order valence-electron chi connectivity index (χ3n) is 5.88. The second kappa shape index (κ2) is 15.9. The molecule has 0 aliphatic rings. The molecule has 5 amide bonds. The lowest BCUT2D eigenvalue weighted by atomic mass is 10.0. The van der Waals surface area contributed by atoms with Gasteiger partial charge < -0.3 is 32.7 Å². The second-order valence-corrected chi connectivity index (χ2v) is 9.83. The first-order valence-electron chi connectivity index (χ1n) is 12.9. The number of primary amides is 1. The summed E-state index contributed by atoms with van der Waals surface area (Å²) < 4.78 is 13.0. The van der Waals surface area contributed by atoms with Gasteiger partial charge in [-0.05, 0) is 42.0 Å². The number of amides is 5. The Hall–Kier alpha value is -4.32. The minimum Gasteiger partial charge on any atom is -0.368 e. The highest BCUT2D eigenvalue weighted by Gasteiger charge is 2.26. The molecule has 0 saturated carbocycles. The van der Waals surface area contributed by atoms with Gasteiger partial charge in [0.1, 0.15) is 17.9 Å². The fraction of sp³-hybridized carbons (Fsp3) is 0.393. The number of carbonyl (C=O) groups is 5. The average molecular weight is 557 g/mol. The minimum absolute atomic E-state index is 0.0909. The van der Waals surface area contributed by atoms with Crippen LogP contribution >= 0.6 is 0 Å². The molecule has 1 unspecified atom stereocenters. The predicted octanol–water partition coefficient (Wildman–Crippen LogP) is -0.328. The van der Waals surface area contributed by atoms with Crippen molar-refractivity contribution in [3.63, 3.8) is 0 Å². The van der Waals surface area contributed by atoms with Crippen LogP contribution in [0.15, 0.2) is 54.6 Å². The summed E-state index contributed by atoms with van der Waals surface area (Å²) in [4.78, 5) is 61.8. The Balaban J connectivity index is 1.88. The molecule has 2 rings (SSSR count). The van der Waals surface area contributed by atoms with Crippen LogP contribution in [0.4, 0.5) is 4.39 Å². The molecule has 0 aliphatic heterocycles. The summed E-state index contributed by atoms with van der Waals surface area (Å²) in [5, 5.41) is 9.95. The molecule has 0 saturated heterocycles. The van der Waals surface area contributed by atoms with Crippen LogP contribution in [0, 0.1) is 11.7 Å². The summed E-state index contributed by atoms with van der Waals surface area (Å²) in [6.45, 7) is 2.89. The molecule has 0 spiro atoms. The Bertz CT molecular complexity index is 1160. The largest absolute Gasteiger partial charge is 0.368 e. The highest BCUT2D eigenvalue weighted by atomic mass is 19.1. The van der Waals surface area contributed by atoms with Crippen molar-refractivity contribution >= 4 is 29.5 Å². The standard InChI is InChI=1S/C28H37FN6O5/c1-17(2)12-22(26(31)38)35-28(40)23(14-18-6-4-3-5-7-18)34-25(37)16-32-24(36)15-33-27(39)21(30)13-19-8-10-20(29)11-9-19/h3-11,17,21-23H,12-16,30H2,1-2H3,(H2,31,38)(H,32,36)(H,33,39)(H,34,37)(H,35,40)/t21-,22?,23-/m1/s1. The maximum Gasteiger partial charge on any atom is 0.243 e. The quantitative estimate of drug-likeness (QED) is 0.174. The van der Waals surface area contributed by atoms with E-state index in [1.54, 1.807) is 24.3 Å². The summed E-state index contributed by atoms with van der Waals surface area (Å²) in [5.41, 5.74) is 12.7. The lowest BCUT2D eigenvalue weighted by Crippen LogP contribution is -2.55. The topological polar surface area (TPSA) is 186 Å². The highest BCUT2D eigenvalue weighted by molar-refractivity contribution is 5.93. The molecule has 0 fully saturated rings.